The van der Waals surface area contributed by atoms with Crippen LogP contribution >= 0.6 is 11.3 Å². The van der Waals surface area contributed by atoms with Crippen LogP contribution in [-0.2, 0) is 11.8 Å². The van der Waals surface area contributed by atoms with Gasteiger partial charge in [-0.2, -0.15) is 5.10 Å². The molecule has 1 aromatic heterocycles. The summed E-state index contributed by atoms with van der Waals surface area (Å²) in [5.74, 6) is 0. The summed E-state index contributed by atoms with van der Waals surface area (Å²) in [5, 5.41) is 7.40. The van der Waals surface area contributed by atoms with Gasteiger partial charge in [-0.25, -0.2) is 4.98 Å². The topological polar surface area (TPSA) is 37.3 Å². The van der Waals surface area contributed by atoms with Gasteiger partial charge in [0, 0.05) is 10.9 Å². The Balaban J connectivity index is 1.40. The van der Waals surface area contributed by atoms with Crippen molar-refractivity contribution in [3.63, 3.8) is 0 Å². The summed E-state index contributed by atoms with van der Waals surface area (Å²) in [5.41, 5.74) is 11.3. The van der Waals surface area contributed by atoms with Crippen molar-refractivity contribution in [2.75, 3.05) is 5.43 Å². The Morgan fingerprint density at radius 1 is 0.875 bits per heavy atom. The van der Waals surface area contributed by atoms with Crippen LogP contribution in [0.2, 0.25) is 0 Å². The van der Waals surface area contributed by atoms with E-state index in [1.165, 1.54) is 16.7 Å². The van der Waals surface area contributed by atoms with E-state index >= 15 is 0 Å². The van der Waals surface area contributed by atoms with E-state index < -0.39 is 0 Å². The van der Waals surface area contributed by atoms with Crippen molar-refractivity contribution in [3.8, 4) is 11.3 Å². The van der Waals surface area contributed by atoms with Gasteiger partial charge in [-0.1, -0.05) is 99.6 Å². The maximum absolute atomic E-state index is 4.71. The molecule has 0 bridgehead atoms. The number of benzene rings is 3. The van der Waals surface area contributed by atoms with Crippen molar-refractivity contribution in [1.29, 1.82) is 0 Å². The van der Waals surface area contributed by atoms with Gasteiger partial charge in [-0.15, -0.1) is 11.3 Å². The molecular weight excluding hydrogens is 410 g/mol. The van der Waals surface area contributed by atoms with Crippen molar-refractivity contribution in [3.05, 3.63) is 106 Å². The second kappa shape index (κ2) is 9.49. The lowest BCUT2D eigenvalue weighted by molar-refractivity contribution is 0.590. The lowest BCUT2D eigenvalue weighted by Crippen LogP contribution is -2.11. The van der Waals surface area contributed by atoms with Gasteiger partial charge in [0.2, 0.25) is 5.13 Å². The Labute approximate surface area is 194 Å². The van der Waals surface area contributed by atoms with Gasteiger partial charge in [0.1, 0.15) is 0 Å². The molecule has 0 aliphatic carbocycles. The number of hydrazone groups is 1. The molecule has 0 aliphatic heterocycles. The number of thiazole rings is 1. The quantitative estimate of drug-likeness (QED) is 0.249. The van der Waals surface area contributed by atoms with Crippen molar-refractivity contribution in [2.24, 2.45) is 5.10 Å². The Morgan fingerprint density at radius 3 is 2.19 bits per heavy atom. The van der Waals surface area contributed by atoms with Gasteiger partial charge >= 0.3 is 0 Å². The van der Waals surface area contributed by atoms with Gasteiger partial charge in [0.15, 0.2) is 0 Å². The summed E-state index contributed by atoms with van der Waals surface area (Å²) in [6.07, 6.45) is 0.940. The summed E-state index contributed by atoms with van der Waals surface area (Å²) >= 11 is 1.56. The van der Waals surface area contributed by atoms with Gasteiger partial charge in [0.05, 0.1) is 11.4 Å². The van der Waals surface area contributed by atoms with Crippen LogP contribution in [0.25, 0.3) is 11.3 Å². The molecule has 0 fully saturated rings. The Bertz CT molecular complexity index is 1180. The fourth-order valence-corrected chi connectivity index (χ4v) is 4.15. The maximum atomic E-state index is 4.71. The molecule has 0 radical (unpaired) electrons. The third-order valence-corrected chi connectivity index (χ3v) is 6.24. The van der Waals surface area contributed by atoms with Crippen molar-refractivity contribution < 1.29 is 0 Å². The van der Waals surface area contributed by atoms with Gasteiger partial charge in [0.25, 0.3) is 0 Å². The smallest absolute Gasteiger partial charge is 0.203 e. The van der Waals surface area contributed by atoms with Gasteiger partial charge in [-0.05, 0) is 41.0 Å². The first-order valence-corrected chi connectivity index (χ1v) is 11.8. The highest BCUT2D eigenvalue weighted by Crippen LogP contribution is 2.26. The van der Waals surface area contributed by atoms with Crippen molar-refractivity contribution in [2.45, 2.75) is 39.5 Å². The summed E-state index contributed by atoms with van der Waals surface area (Å²) in [7, 11) is 0. The van der Waals surface area contributed by atoms with E-state index in [2.05, 4.69) is 116 Å². The van der Waals surface area contributed by atoms with Crippen molar-refractivity contribution >= 4 is 22.2 Å². The number of hydrogen-bond acceptors (Lipinski definition) is 4. The van der Waals surface area contributed by atoms with Crippen LogP contribution in [0.3, 0.4) is 0 Å². The molecule has 1 N–H and O–H groups in total. The molecule has 1 heterocycles. The van der Waals surface area contributed by atoms with Crippen LogP contribution in [0.5, 0.6) is 0 Å². The fourth-order valence-electron chi connectivity index (χ4n) is 3.49. The predicted molar refractivity (Wildman–Crippen MR) is 138 cm³/mol. The third-order valence-electron chi connectivity index (χ3n) is 5.49. The average molecular weight is 440 g/mol. The molecule has 4 heteroatoms. The zero-order chi connectivity index (χ0) is 22.6. The first-order valence-electron chi connectivity index (χ1n) is 10.9. The first-order chi connectivity index (χ1) is 15.4. The largest absolute Gasteiger partial charge is 0.252 e. The molecule has 3 aromatic carbocycles. The van der Waals surface area contributed by atoms with Crippen LogP contribution in [0.1, 0.15) is 49.9 Å². The van der Waals surface area contributed by atoms with Crippen LogP contribution < -0.4 is 5.43 Å². The molecular formula is C28H29N3S. The van der Waals surface area contributed by atoms with Gasteiger partial charge in [-0.3, -0.25) is 5.43 Å². The summed E-state index contributed by atoms with van der Waals surface area (Å²) in [6, 6.07) is 27.8. The lowest BCUT2D eigenvalue weighted by Gasteiger charge is -2.19. The van der Waals surface area contributed by atoms with Gasteiger partial charge < -0.3 is 0 Å². The number of rotatable bonds is 6. The molecule has 4 rings (SSSR count). The zero-order valence-electron chi connectivity index (χ0n) is 19.1. The third kappa shape index (κ3) is 5.51. The first kappa shape index (κ1) is 22.0. The van der Waals surface area contributed by atoms with E-state index in [0.717, 1.165) is 34.1 Å². The normalized spacial score (nSPS) is 12.1. The van der Waals surface area contributed by atoms with Crippen LogP contribution in [0.15, 0.2) is 89.3 Å². The van der Waals surface area contributed by atoms with E-state index in [-0.39, 0.29) is 5.41 Å². The van der Waals surface area contributed by atoms with E-state index in [4.69, 9.17) is 4.98 Å². The van der Waals surface area contributed by atoms with Crippen LogP contribution in [-0.4, -0.2) is 10.7 Å². The standard InChI is InChI=1S/C28H29N3S/c1-20(23-14-16-25(17-15-23)28(2,3)4)30-31-27-29-26(19-32-27)24-12-10-22(11-13-24)18-21-8-6-5-7-9-21/h5-17,19H,18H2,1-4H3,(H,29,31). The highest BCUT2D eigenvalue weighted by atomic mass is 32.1. The predicted octanol–water partition coefficient (Wildman–Crippen LogP) is 7.53. The minimum atomic E-state index is 0.152. The molecule has 0 aliphatic rings. The minimum Gasteiger partial charge on any atom is -0.252 e. The molecule has 0 spiro atoms. The van der Waals surface area contributed by atoms with E-state index in [0.29, 0.717) is 0 Å². The van der Waals surface area contributed by atoms with E-state index in [9.17, 15) is 0 Å². The molecule has 0 saturated heterocycles. The van der Waals surface area contributed by atoms with Crippen LogP contribution in [0.4, 0.5) is 5.13 Å². The average Bonchev–Trinajstić information content (AvgIpc) is 3.27. The number of nitrogens with one attached hydrogen (secondary N) is 1. The monoisotopic (exact) mass is 439 g/mol. The lowest BCUT2D eigenvalue weighted by atomic mass is 9.86. The highest BCUT2D eigenvalue weighted by molar-refractivity contribution is 7.14. The number of anilines is 1. The number of nitrogens with zero attached hydrogens (tertiary/aromatic N) is 2. The molecule has 0 amide bonds. The number of aromatic nitrogens is 1. The Kier molecular flexibility index (Phi) is 6.52. The second-order valence-electron chi connectivity index (χ2n) is 9.03. The zero-order valence-corrected chi connectivity index (χ0v) is 19.9. The molecule has 0 atom stereocenters. The minimum absolute atomic E-state index is 0.152. The summed E-state index contributed by atoms with van der Waals surface area (Å²) < 4.78 is 0. The second-order valence-corrected chi connectivity index (χ2v) is 9.89. The molecule has 32 heavy (non-hydrogen) atoms. The molecule has 162 valence electrons. The fraction of sp³-hybridized carbons (Fsp3) is 0.214. The maximum Gasteiger partial charge on any atom is 0.203 e. The number of hydrogen-bond donors (Lipinski definition) is 1. The molecule has 3 nitrogen and oxygen atoms in total. The van der Waals surface area contributed by atoms with Crippen molar-refractivity contribution in [1.82, 2.24) is 4.98 Å². The molecule has 4 aromatic rings. The Morgan fingerprint density at radius 2 is 1.53 bits per heavy atom. The highest BCUT2D eigenvalue weighted by Gasteiger charge is 2.13. The summed E-state index contributed by atoms with van der Waals surface area (Å²) in [4.78, 5) is 4.71. The van der Waals surface area contributed by atoms with E-state index in [1.54, 1.807) is 11.3 Å². The molecule has 0 unspecified atom stereocenters. The SMILES string of the molecule is CC(=NNc1nc(-c2ccc(Cc3ccccc3)cc2)cs1)c1ccc(C(C)(C)C)cc1. The van der Waals surface area contributed by atoms with E-state index in [1.807, 2.05) is 6.92 Å². The molecule has 0 saturated carbocycles. The van der Waals surface area contributed by atoms with Crippen LogP contribution in [0, 0.1) is 0 Å². The summed E-state index contributed by atoms with van der Waals surface area (Å²) in [6.45, 7) is 8.68. The Hall–Kier alpha value is -3.24.